The number of amides is 1. The number of fused-ring (bicyclic) bond motifs is 1. The first-order chi connectivity index (χ1) is 12.0. The molecule has 0 aromatic heterocycles. The molecule has 2 rings (SSSR count). The van der Waals surface area contributed by atoms with Crippen LogP contribution in [0.4, 0.5) is 0 Å². The molecule has 0 heterocycles. The molecule has 25 heavy (non-hydrogen) atoms. The maximum absolute atomic E-state index is 11.8. The van der Waals surface area contributed by atoms with Gasteiger partial charge in [-0.25, -0.2) is 4.99 Å². The number of hydrogen-bond acceptors (Lipinski definition) is 2. The summed E-state index contributed by atoms with van der Waals surface area (Å²) >= 11 is 0. The van der Waals surface area contributed by atoms with Crippen LogP contribution in [-0.2, 0) is 17.6 Å². The third-order valence-corrected chi connectivity index (χ3v) is 4.64. The topological polar surface area (TPSA) is 56.7 Å². The highest BCUT2D eigenvalue weighted by Gasteiger charge is 2.14. The number of carbonyl (C=O) groups is 1. The van der Waals surface area contributed by atoms with E-state index >= 15 is 0 Å². The zero-order valence-electron chi connectivity index (χ0n) is 16.1. The highest BCUT2D eigenvalue weighted by Crippen LogP contribution is 2.24. The Balaban J connectivity index is 2.06. The van der Waals surface area contributed by atoms with Crippen molar-refractivity contribution in [2.24, 2.45) is 4.99 Å². The molecule has 5 heteroatoms. The van der Waals surface area contributed by atoms with E-state index in [1.807, 2.05) is 0 Å². The Morgan fingerprint density at radius 3 is 2.64 bits per heavy atom. The third kappa shape index (κ3) is 5.76. The fourth-order valence-corrected chi connectivity index (χ4v) is 3.00. The molecule has 1 atom stereocenters. The van der Waals surface area contributed by atoms with Gasteiger partial charge in [-0.05, 0) is 55.7 Å². The van der Waals surface area contributed by atoms with Gasteiger partial charge >= 0.3 is 0 Å². The minimum absolute atomic E-state index is 0.000896. The molecule has 1 aromatic carbocycles. The number of rotatable bonds is 6. The number of benzene rings is 1. The van der Waals surface area contributed by atoms with E-state index in [1.54, 1.807) is 19.0 Å². The lowest BCUT2D eigenvalue weighted by Crippen LogP contribution is -2.40. The molecular weight excluding hydrogens is 312 g/mol. The van der Waals surface area contributed by atoms with Gasteiger partial charge in [0, 0.05) is 20.6 Å². The molecule has 1 aliphatic carbocycles. The zero-order valence-corrected chi connectivity index (χ0v) is 16.1. The second-order valence-electron chi connectivity index (χ2n) is 6.98. The van der Waals surface area contributed by atoms with E-state index in [9.17, 15) is 4.79 Å². The molecule has 0 bridgehead atoms. The Morgan fingerprint density at radius 1 is 1.24 bits per heavy atom. The van der Waals surface area contributed by atoms with Gasteiger partial charge in [0.15, 0.2) is 5.96 Å². The Kier molecular flexibility index (Phi) is 7.29. The van der Waals surface area contributed by atoms with E-state index in [-0.39, 0.29) is 18.5 Å². The lowest BCUT2D eigenvalue weighted by atomic mass is 9.89. The molecule has 1 unspecified atom stereocenters. The number of carbonyl (C=O) groups excluding carboxylic acids is 1. The van der Waals surface area contributed by atoms with Crippen LogP contribution < -0.4 is 10.6 Å². The molecule has 0 radical (unpaired) electrons. The monoisotopic (exact) mass is 344 g/mol. The van der Waals surface area contributed by atoms with Crippen LogP contribution in [0, 0.1) is 0 Å². The molecule has 1 aromatic rings. The first-order valence-corrected chi connectivity index (χ1v) is 9.38. The third-order valence-electron chi connectivity index (χ3n) is 4.64. The summed E-state index contributed by atoms with van der Waals surface area (Å²) in [6.45, 7) is 5.24. The van der Waals surface area contributed by atoms with Crippen LogP contribution in [0.3, 0.4) is 0 Å². The van der Waals surface area contributed by atoms with Crippen molar-refractivity contribution < 1.29 is 4.79 Å². The van der Waals surface area contributed by atoms with Gasteiger partial charge in [0.2, 0.25) is 5.91 Å². The summed E-state index contributed by atoms with van der Waals surface area (Å²) in [5.41, 5.74) is 4.25. The molecule has 0 spiro atoms. The van der Waals surface area contributed by atoms with Crippen molar-refractivity contribution in [1.82, 2.24) is 15.5 Å². The Hall–Kier alpha value is -2.04. The standard InChI is InChI=1S/C20H32N4O/c1-5-12-21-20(22-14-19(25)24(3)4)23-15(2)17-11-10-16-8-6-7-9-18(16)13-17/h10-11,13,15H,5-9,12,14H2,1-4H3,(H2,21,22,23). The molecule has 0 saturated carbocycles. The van der Waals surface area contributed by atoms with Gasteiger partial charge in [0.05, 0.1) is 6.04 Å². The highest BCUT2D eigenvalue weighted by molar-refractivity contribution is 5.85. The maximum Gasteiger partial charge on any atom is 0.243 e. The first-order valence-electron chi connectivity index (χ1n) is 9.38. The van der Waals surface area contributed by atoms with E-state index < -0.39 is 0 Å². The summed E-state index contributed by atoms with van der Waals surface area (Å²) in [4.78, 5) is 17.8. The van der Waals surface area contributed by atoms with Crippen LogP contribution in [0.1, 0.15) is 55.8 Å². The van der Waals surface area contributed by atoms with Gasteiger partial charge in [0.25, 0.3) is 0 Å². The fourth-order valence-electron chi connectivity index (χ4n) is 3.00. The van der Waals surface area contributed by atoms with Crippen LogP contribution in [0.5, 0.6) is 0 Å². The molecule has 5 nitrogen and oxygen atoms in total. The van der Waals surface area contributed by atoms with Crippen molar-refractivity contribution >= 4 is 11.9 Å². The van der Waals surface area contributed by atoms with Gasteiger partial charge in [0.1, 0.15) is 6.54 Å². The Labute approximate surface area is 151 Å². The van der Waals surface area contributed by atoms with Crippen molar-refractivity contribution in [1.29, 1.82) is 0 Å². The number of nitrogens with one attached hydrogen (secondary N) is 2. The average Bonchev–Trinajstić information content (AvgIpc) is 2.62. The number of likely N-dealkylation sites (N-methyl/N-ethyl adjacent to an activating group) is 1. The summed E-state index contributed by atoms with van der Waals surface area (Å²) in [5.74, 6) is 0.696. The van der Waals surface area contributed by atoms with E-state index in [2.05, 4.69) is 47.7 Å². The van der Waals surface area contributed by atoms with Gasteiger partial charge in [-0.1, -0.05) is 25.1 Å². The predicted molar refractivity (Wildman–Crippen MR) is 104 cm³/mol. The van der Waals surface area contributed by atoms with Gasteiger partial charge in [-0.2, -0.15) is 0 Å². The molecular formula is C20H32N4O. The maximum atomic E-state index is 11.8. The van der Waals surface area contributed by atoms with Gasteiger partial charge < -0.3 is 15.5 Å². The van der Waals surface area contributed by atoms with Crippen molar-refractivity contribution in [2.45, 2.75) is 52.0 Å². The summed E-state index contributed by atoms with van der Waals surface area (Å²) in [7, 11) is 3.50. The molecule has 1 amide bonds. The second kappa shape index (κ2) is 9.44. The van der Waals surface area contributed by atoms with E-state index in [1.165, 1.54) is 42.4 Å². The van der Waals surface area contributed by atoms with Crippen LogP contribution in [0.15, 0.2) is 23.2 Å². The number of aryl methyl sites for hydroxylation is 2. The summed E-state index contributed by atoms with van der Waals surface area (Å²) in [6.07, 6.45) is 5.99. The largest absolute Gasteiger partial charge is 0.356 e. The van der Waals surface area contributed by atoms with Crippen molar-refractivity contribution in [3.63, 3.8) is 0 Å². The van der Waals surface area contributed by atoms with Gasteiger partial charge in [-0.15, -0.1) is 0 Å². The van der Waals surface area contributed by atoms with Crippen LogP contribution in [0.25, 0.3) is 0 Å². The lowest BCUT2D eigenvalue weighted by Gasteiger charge is -2.22. The van der Waals surface area contributed by atoms with Crippen molar-refractivity contribution in [3.05, 3.63) is 34.9 Å². The van der Waals surface area contributed by atoms with Crippen LogP contribution >= 0.6 is 0 Å². The highest BCUT2D eigenvalue weighted by atomic mass is 16.2. The number of hydrogen-bond donors (Lipinski definition) is 2. The minimum atomic E-state index is -0.000896. The van der Waals surface area contributed by atoms with E-state index in [0.717, 1.165) is 13.0 Å². The average molecular weight is 345 g/mol. The van der Waals surface area contributed by atoms with Crippen LogP contribution in [0.2, 0.25) is 0 Å². The second-order valence-corrected chi connectivity index (χ2v) is 6.98. The zero-order chi connectivity index (χ0) is 18.2. The molecule has 0 fully saturated rings. The number of nitrogens with zero attached hydrogens (tertiary/aromatic N) is 2. The molecule has 2 N–H and O–H groups in total. The first kappa shape index (κ1) is 19.3. The Bertz CT molecular complexity index is 610. The molecule has 138 valence electrons. The smallest absolute Gasteiger partial charge is 0.243 e. The van der Waals surface area contributed by atoms with E-state index in [4.69, 9.17) is 0 Å². The van der Waals surface area contributed by atoms with Crippen molar-refractivity contribution in [3.8, 4) is 0 Å². The van der Waals surface area contributed by atoms with Gasteiger partial charge in [-0.3, -0.25) is 4.79 Å². The molecule has 0 aliphatic heterocycles. The molecule has 0 saturated heterocycles. The summed E-state index contributed by atoms with van der Waals surface area (Å²) in [5, 5.41) is 6.73. The lowest BCUT2D eigenvalue weighted by molar-refractivity contribution is -0.127. The minimum Gasteiger partial charge on any atom is -0.356 e. The summed E-state index contributed by atoms with van der Waals surface area (Å²) in [6, 6.07) is 6.96. The SMILES string of the molecule is CCCNC(=NCC(=O)N(C)C)NC(C)c1ccc2c(c1)CCCC2. The predicted octanol–water partition coefficient (Wildman–Crippen LogP) is 2.66. The Morgan fingerprint density at radius 2 is 1.96 bits per heavy atom. The normalized spacial score (nSPS) is 15.3. The fraction of sp³-hybridized carbons (Fsp3) is 0.600. The quantitative estimate of drug-likeness (QED) is 0.616. The number of guanidine groups is 1. The molecule has 1 aliphatic rings. The van der Waals surface area contributed by atoms with Crippen LogP contribution in [-0.4, -0.2) is 44.0 Å². The number of aliphatic imine (C=N–C) groups is 1. The summed E-state index contributed by atoms with van der Waals surface area (Å²) < 4.78 is 0. The van der Waals surface area contributed by atoms with E-state index in [0.29, 0.717) is 5.96 Å². The van der Waals surface area contributed by atoms with Crippen molar-refractivity contribution in [2.75, 3.05) is 27.2 Å².